The van der Waals surface area contributed by atoms with Crippen LogP contribution >= 0.6 is 0 Å². The van der Waals surface area contributed by atoms with Crippen molar-refractivity contribution < 1.29 is 19.1 Å². The molecule has 0 aliphatic carbocycles. The number of hydrogen-bond acceptors (Lipinski definition) is 4. The third kappa shape index (κ3) is 3.44. The highest BCUT2D eigenvalue weighted by Crippen LogP contribution is 2.24. The zero-order valence-electron chi connectivity index (χ0n) is 13.2. The molecule has 0 aromatic heterocycles. The van der Waals surface area contributed by atoms with Crippen molar-refractivity contribution in [1.82, 2.24) is 4.90 Å². The predicted molar refractivity (Wildman–Crippen MR) is 81.8 cm³/mol. The quantitative estimate of drug-likeness (QED) is 0.864. The Morgan fingerprint density at radius 1 is 1.27 bits per heavy atom. The van der Waals surface area contributed by atoms with Crippen LogP contribution < -0.4 is 5.32 Å². The Morgan fingerprint density at radius 2 is 1.91 bits per heavy atom. The molecule has 0 bridgehead atoms. The molecule has 1 aromatic carbocycles. The first-order valence-electron chi connectivity index (χ1n) is 7.08. The number of fused-ring (bicyclic) bond motifs is 1. The van der Waals surface area contributed by atoms with Gasteiger partial charge in [0, 0.05) is 19.0 Å². The summed E-state index contributed by atoms with van der Waals surface area (Å²) in [6.45, 7) is 5.23. The second-order valence-electron chi connectivity index (χ2n) is 6.27. The molecule has 2 rings (SSSR count). The summed E-state index contributed by atoms with van der Waals surface area (Å²) in [6, 6.07) is 5.91. The minimum atomic E-state index is -0.894. The summed E-state index contributed by atoms with van der Waals surface area (Å²) in [6.07, 6.45) is -0.704. The van der Waals surface area contributed by atoms with Crippen molar-refractivity contribution in [2.75, 3.05) is 12.4 Å². The molecule has 1 aliphatic heterocycles. The van der Waals surface area contributed by atoms with Crippen molar-refractivity contribution in [3.63, 3.8) is 0 Å². The fourth-order valence-electron chi connectivity index (χ4n) is 2.20. The monoisotopic (exact) mass is 304 g/mol. The van der Waals surface area contributed by atoms with Crippen molar-refractivity contribution in [2.45, 2.75) is 38.8 Å². The van der Waals surface area contributed by atoms with E-state index in [4.69, 9.17) is 4.74 Å². The predicted octanol–water partition coefficient (Wildman–Crippen LogP) is 2.45. The van der Waals surface area contributed by atoms with E-state index in [1.165, 1.54) is 11.9 Å². The van der Waals surface area contributed by atoms with Crippen molar-refractivity contribution in [3.05, 3.63) is 29.8 Å². The molecule has 22 heavy (non-hydrogen) atoms. The van der Waals surface area contributed by atoms with E-state index in [2.05, 4.69) is 5.32 Å². The van der Waals surface area contributed by atoms with Crippen LogP contribution in [0.5, 0.6) is 0 Å². The fourth-order valence-corrected chi connectivity index (χ4v) is 2.20. The van der Waals surface area contributed by atoms with Crippen molar-refractivity contribution in [1.29, 1.82) is 0 Å². The van der Waals surface area contributed by atoms with Crippen molar-refractivity contribution >= 4 is 23.5 Å². The average Bonchev–Trinajstić information content (AvgIpc) is 2.53. The van der Waals surface area contributed by atoms with Crippen LogP contribution in [-0.4, -0.2) is 41.4 Å². The molecule has 0 spiro atoms. The van der Waals surface area contributed by atoms with Crippen LogP contribution in [-0.2, 0) is 9.53 Å². The lowest BCUT2D eigenvalue weighted by atomic mass is 10.0. The van der Waals surface area contributed by atoms with Gasteiger partial charge in [0.25, 0.3) is 0 Å². The molecule has 1 atom stereocenters. The van der Waals surface area contributed by atoms with Crippen LogP contribution in [0.25, 0.3) is 0 Å². The Labute approximate surface area is 129 Å². The van der Waals surface area contributed by atoms with Gasteiger partial charge in [-0.2, -0.15) is 0 Å². The maximum atomic E-state index is 12.3. The third-order valence-electron chi connectivity index (χ3n) is 3.32. The van der Waals surface area contributed by atoms with Crippen LogP contribution in [0.4, 0.5) is 10.5 Å². The van der Waals surface area contributed by atoms with Gasteiger partial charge in [-0.3, -0.25) is 14.5 Å². The highest BCUT2D eigenvalue weighted by Gasteiger charge is 2.35. The van der Waals surface area contributed by atoms with Crippen LogP contribution in [0.2, 0.25) is 0 Å². The maximum Gasteiger partial charge on any atom is 0.410 e. The first kappa shape index (κ1) is 16.0. The zero-order chi connectivity index (χ0) is 16.5. The molecule has 0 saturated heterocycles. The van der Waals surface area contributed by atoms with Gasteiger partial charge in [-0.25, -0.2) is 4.79 Å². The van der Waals surface area contributed by atoms with Gasteiger partial charge in [-0.15, -0.1) is 0 Å². The van der Waals surface area contributed by atoms with E-state index in [1.807, 2.05) is 0 Å². The standard InChI is InChI=1S/C16H20N2O4/c1-16(2,3)22-15(21)18(4)12-9-13(19)10-7-5-6-8-11(10)17-14(12)20/h5-8,12H,9H2,1-4H3,(H,17,20). The Morgan fingerprint density at radius 3 is 2.55 bits per heavy atom. The first-order valence-corrected chi connectivity index (χ1v) is 7.08. The molecule has 0 fully saturated rings. The average molecular weight is 304 g/mol. The summed E-state index contributed by atoms with van der Waals surface area (Å²) in [7, 11) is 1.46. The summed E-state index contributed by atoms with van der Waals surface area (Å²) < 4.78 is 5.25. The molecule has 1 aliphatic rings. The number of amides is 2. The maximum absolute atomic E-state index is 12.3. The van der Waals surface area contributed by atoms with Gasteiger partial charge < -0.3 is 10.1 Å². The highest BCUT2D eigenvalue weighted by molar-refractivity contribution is 6.11. The van der Waals surface area contributed by atoms with Gasteiger partial charge in [-0.1, -0.05) is 12.1 Å². The van der Waals surface area contributed by atoms with Gasteiger partial charge in [0.05, 0.1) is 5.69 Å². The third-order valence-corrected chi connectivity index (χ3v) is 3.32. The van der Waals surface area contributed by atoms with E-state index >= 15 is 0 Å². The number of Topliss-reactive ketones (excluding diaryl/α,β-unsaturated/α-hetero) is 1. The van der Waals surface area contributed by atoms with Crippen molar-refractivity contribution in [3.8, 4) is 0 Å². The number of rotatable bonds is 1. The van der Waals surface area contributed by atoms with Gasteiger partial charge in [-0.05, 0) is 32.9 Å². The highest BCUT2D eigenvalue weighted by atomic mass is 16.6. The second kappa shape index (κ2) is 5.79. The Balaban J connectivity index is 2.22. The summed E-state index contributed by atoms with van der Waals surface area (Å²) in [5, 5.41) is 2.69. The summed E-state index contributed by atoms with van der Waals surface area (Å²) >= 11 is 0. The van der Waals surface area contributed by atoms with Gasteiger partial charge in [0.2, 0.25) is 5.91 Å². The number of carbonyl (C=O) groups excluding carboxylic acids is 3. The molecule has 2 amide bonds. The lowest BCUT2D eigenvalue weighted by molar-refractivity contribution is -0.120. The number of nitrogens with zero attached hydrogens (tertiary/aromatic N) is 1. The van der Waals surface area contributed by atoms with E-state index in [-0.39, 0.29) is 12.2 Å². The minimum Gasteiger partial charge on any atom is -0.444 e. The number of benzene rings is 1. The molecule has 1 heterocycles. The molecule has 0 saturated carbocycles. The van der Waals surface area contributed by atoms with Gasteiger partial charge >= 0.3 is 6.09 Å². The molecule has 6 heteroatoms. The molecule has 1 aromatic rings. The van der Waals surface area contributed by atoms with E-state index in [0.29, 0.717) is 11.3 Å². The normalized spacial score (nSPS) is 18.1. The minimum absolute atomic E-state index is 0.0708. The van der Waals surface area contributed by atoms with Crippen LogP contribution in [0.1, 0.15) is 37.6 Å². The number of ketones is 1. The molecule has 6 nitrogen and oxygen atoms in total. The van der Waals surface area contributed by atoms with E-state index in [0.717, 1.165) is 0 Å². The molecule has 1 unspecified atom stereocenters. The Hall–Kier alpha value is -2.37. The molecule has 1 N–H and O–H groups in total. The van der Waals surface area contributed by atoms with E-state index < -0.39 is 23.6 Å². The number of ether oxygens (including phenoxy) is 1. The lowest BCUT2D eigenvalue weighted by Crippen LogP contribution is -2.47. The van der Waals surface area contributed by atoms with Crippen LogP contribution in [0, 0.1) is 0 Å². The zero-order valence-corrected chi connectivity index (χ0v) is 13.2. The number of nitrogens with one attached hydrogen (secondary N) is 1. The SMILES string of the molecule is CN(C(=O)OC(C)(C)C)C1CC(=O)c2ccccc2NC1=O. The number of para-hydroxylation sites is 1. The summed E-state index contributed by atoms with van der Waals surface area (Å²) in [5.41, 5.74) is 0.257. The number of likely N-dealkylation sites (N-methyl/N-ethyl adjacent to an activating group) is 1. The first-order chi connectivity index (χ1) is 10.2. The van der Waals surface area contributed by atoms with E-state index in [9.17, 15) is 14.4 Å². The smallest absolute Gasteiger partial charge is 0.410 e. The van der Waals surface area contributed by atoms with E-state index in [1.54, 1.807) is 45.0 Å². The van der Waals surface area contributed by atoms with Crippen LogP contribution in [0.3, 0.4) is 0 Å². The topological polar surface area (TPSA) is 75.7 Å². The van der Waals surface area contributed by atoms with Crippen molar-refractivity contribution in [2.24, 2.45) is 0 Å². The number of carbonyl (C=O) groups is 3. The van der Waals surface area contributed by atoms with Crippen LogP contribution in [0.15, 0.2) is 24.3 Å². The Bertz CT molecular complexity index is 619. The summed E-state index contributed by atoms with van der Waals surface area (Å²) in [5.74, 6) is -0.582. The molecule has 0 radical (unpaired) electrons. The molecule has 118 valence electrons. The molecular formula is C16H20N2O4. The lowest BCUT2D eigenvalue weighted by Gasteiger charge is -2.28. The molecular weight excluding hydrogens is 284 g/mol. The summed E-state index contributed by atoms with van der Waals surface area (Å²) in [4.78, 5) is 37.9. The fraction of sp³-hybridized carbons (Fsp3) is 0.438. The van der Waals surface area contributed by atoms with Gasteiger partial charge in [0.15, 0.2) is 5.78 Å². The largest absolute Gasteiger partial charge is 0.444 e. The Kier molecular flexibility index (Phi) is 4.21. The number of hydrogen-bond donors (Lipinski definition) is 1. The van der Waals surface area contributed by atoms with Gasteiger partial charge in [0.1, 0.15) is 11.6 Å². The second-order valence-corrected chi connectivity index (χ2v) is 6.27. The number of anilines is 1.